The van der Waals surface area contributed by atoms with Gasteiger partial charge in [0.25, 0.3) is 11.6 Å². The summed E-state index contributed by atoms with van der Waals surface area (Å²) >= 11 is 0. The van der Waals surface area contributed by atoms with Crippen LogP contribution >= 0.6 is 0 Å². The molecule has 1 saturated heterocycles. The molecular weight excluding hydrogens is 438 g/mol. The van der Waals surface area contributed by atoms with Crippen molar-refractivity contribution in [2.45, 2.75) is 31.1 Å². The Hall–Kier alpha value is -3.31. The fraction of sp³-hybridized carbons (Fsp3) is 0.333. The van der Waals surface area contributed by atoms with Crippen LogP contribution in [0.5, 0.6) is 0 Å². The van der Waals surface area contributed by atoms with Gasteiger partial charge in [-0.15, -0.1) is 0 Å². The highest BCUT2D eigenvalue weighted by Gasteiger charge is 2.28. The summed E-state index contributed by atoms with van der Waals surface area (Å²) in [6, 6.07) is 9.43. The van der Waals surface area contributed by atoms with Gasteiger partial charge in [0.2, 0.25) is 10.0 Å². The molecule has 0 aromatic heterocycles. The van der Waals surface area contributed by atoms with Crippen molar-refractivity contribution < 1.29 is 27.7 Å². The second kappa shape index (κ2) is 9.88. The summed E-state index contributed by atoms with van der Waals surface area (Å²) < 4.78 is 32.4. The number of rotatable bonds is 7. The Bertz CT molecular complexity index is 1120. The molecule has 0 aliphatic carbocycles. The zero-order valence-electron chi connectivity index (χ0n) is 17.4. The molecule has 1 fully saturated rings. The molecule has 1 aliphatic rings. The average molecular weight is 461 g/mol. The summed E-state index contributed by atoms with van der Waals surface area (Å²) in [7, 11) is -3.73. The highest BCUT2D eigenvalue weighted by atomic mass is 32.2. The van der Waals surface area contributed by atoms with Crippen LogP contribution in [0.3, 0.4) is 0 Å². The number of carbonyl (C=O) groups is 2. The molecule has 1 amide bonds. The van der Waals surface area contributed by atoms with E-state index < -0.39 is 33.4 Å². The summed E-state index contributed by atoms with van der Waals surface area (Å²) in [6.07, 6.45) is 2.58. The van der Waals surface area contributed by atoms with Crippen molar-refractivity contribution in [2.75, 3.05) is 25.0 Å². The maximum absolute atomic E-state index is 13.0. The van der Waals surface area contributed by atoms with E-state index >= 15 is 0 Å². The first-order valence-corrected chi connectivity index (χ1v) is 11.4. The van der Waals surface area contributed by atoms with Crippen LogP contribution in [-0.4, -0.2) is 49.2 Å². The summed E-state index contributed by atoms with van der Waals surface area (Å²) in [5.74, 6) is -1.47. The van der Waals surface area contributed by atoms with Crippen LogP contribution in [0.15, 0.2) is 47.4 Å². The van der Waals surface area contributed by atoms with E-state index in [0.717, 1.165) is 19.3 Å². The molecule has 0 atom stereocenters. The normalized spacial score (nSPS) is 14.5. The Kier molecular flexibility index (Phi) is 7.21. The number of aryl methyl sites for hydroxylation is 1. The number of hydrogen-bond donors (Lipinski definition) is 1. The minimum Gasteiger partial charge on any atom is -0.452 e. The number of piperidine rings is 1. The number of nitrogens with one attached hydrogen (secondary N) is 1. The Morgan fingerprint density at radius 2 is 1.75 bits per heavy atom. The monoisotopic (exact) mass is 461 g/mol. The summed E-state index contributed by atoms with van der Waals surface area (Å²) in [4.78, 5) is 34.6. The van der Waals surface area contributed by atoms with E-state index in [0.29, 0.717) is 24.3 Å². The van der Waals surface area contributed by atoms with Gasteiger partial charge in [0.1, 0.15) is 0 Å². The lowest BCUT2D eigenvalue weighted by molar-refractivity contribution is -0.384. The molecule has 0 radical (unpaired) electrons. The molecule has 11 heteroatoms. The Balaban J connectivity index is 1.64. The number of nitrogens with zero attached hydrogens (tertiary/aromatic N) is 2. The number of amides is 1. The smallest absolute Gasteiger partial charge is 0.338 e. The minimum atomic E-state index is -3.73. The lowest BCUT2D eigenvalue weighted by atomic mass is 10.1. The molecule has 0 spiro atoms. The van der Waals surface area contributed by atoms with Gasteiger partial charge in [-0.25, -0.2) is 13.2 Å². The first-order chi connectivity index (χ1) is 15.2. The van der Waals surface area contributed by atoms with Crippen molar-refractivity contribution in [3.63, 3.8) is 0 Å². The standard InChI is InChI=1S/C21H23N3O7S/c1-15-5-6-16(13-19(15)32(29,30)23-11-3-2-4-12-23)21(26)31-14-20(25)22-17-7-9-18(10-8-17)24(27)28/h5-10,13H,2-4,11-12,14H2,1H3,(H,22,25). The van der Waals surface area contributed by atoms with E-state index in [-0.39, 0.29) is 16.1 Å². The van der Waals surface area contributed by atoms with E-state index in [1.807, 2.05) is 0 Å². The number of carbonyl (C=O) groups excluding carboxylic acids is 2. The third-order valence-electron chi connectivity index (χ3n) is 5.05. The predicted octanol–water partition coefficient (Wildman–Crippen LogP) is 2.87. The molecule has 2 aromatic carbocycles. The van der Waals surface area contributed by atoms with Crippen LogP contribution in [0, 0.1) is 17.0 Å². The molecule has 0 saturated carbocycles. The molecule has 0 unspecified atom stereocenters. The number of non-ortho nitro benzene ring substituents is 1. The number of anilines is 1. The highest BCUT2D eigenvalue weighted by Crippen LogP contribution is 2.24. The fourth-order valence-electron chi connectivity index (χ4n) is 3.33. The molecule has 10 nitrogen and oxygen atoms in total. The molecular formula is C21H23N3O7S. The Morgan fingerprint density at radius 3 is 2.38 bits per heavy atom. The van der Waals surface area contributed by atoms with Gasteiger partial charge >= 0.3 is 5.97 Å². The first kappa shape index (κ1) is 23.4. The number of benzene rings is 2. The Morgan fingerprint density at radius 1 is 1.09 bits per heavy atom. The zero-order chi connectivity index (χ0) is 23.3. The van der Waals surface area contributed by atoms with Crippen molar-refractivity contribution in [2.24, 2.45) is 0 Å². The maximum atomic E-state index is 13.0. The van der Waals surface area contributed by atoms with Crippen molar-refractivity contribution in [3.05, 3.63) is 63.7 Å². The maximum Gasteiger partial charge on any atom is 0.338 e. The molecule has 1 heterocycles. The summed E-state index contributed by atoms with van der Waals surface area (Å²) in [6.45, 7) is 1.94. The molecule has 1 aliphatic heterocycles. The molecule has 0 bridgehead atoms. The molecule has 170 valence electrons. The number of sulfonamides is 1. The van der Waals surface area contributed by atoms with Crippen molar-refractivity contribution in [1.82, 2.24) is 4.31 Å². The second-order valence-electron chi connectivity index (χ2n) is 7.37. The minimum absolute atomic E-state index is 0.0225. The third-order valence-corrected chi connectivity index (χ3v) is 7.09. The molecule has 3 rings (SSSR count). The second-order valence-corrected chi connectivity index (χ2v) is 9.28. The van der Waals surface area contributed by atoms with Crippen LogP contribution < -0.4 is 5.32 Å². The summed E-state index contributed by atoms with van der Waals surface area (Å²) in [5, 5.41) is 13.1. The average Bonchev–Trinajstić information content (AvgIpc) is 2.78. The van der Waals surface area contributed by atoms with E-state index in [2.05, 4.69) is 5.32 Å². The van der Waals surface area contributed by atoms with Gasteiger partial charge in [-0.05, 0) is 49.6 Å². The van der Waals surface area contributed by atoms with Crippen molar-refractivity contribution >= 4 is 33.3 Å². The summed E-state index contributed by atoms with van der Waals surface area (Å²) in [5.41, 5.74) is 0.725. The van der Waals surface area contributed by atoms with Gasteiger partial charge in [-0.2, -0.15) is 4.31 Å². The van der Waals surface area contributed by atoms with Gasteiger partial charge in [-0.3, -0.25) is 14.9 Å². The molecule has 1 N–H and O–H groups in total. The van der Waals surface area contributed by atoms with Gasteiger partial charge in [-0.1, -0.05) is 12.5 Å². The van der Waals surface area contributed by atoms with Crippen LogP contribution in [-0.2, 0) is 19.6 Å². The van der Waals surface area contributed by atoms with Crippen molar-refractivity contribution in [1.29, 1.82) is 0 Å². The molecule has 2 aromatic rings. The SMILES string of the molecule is Cc1ccc(C(=O)OCC(=O)Nc2ccc([N+](=O)[O-])cc2)cc1S(=O)(=O)N1CCCCC1. The molecule has 32 heavy (non-hydrogen) atoms. The Labute approximate surface area is 185 Å². The lowest BCUT2D eigenvalue weighted by Crippen LogP contribution is -2.36. The first-order valence-electron chi connectivity index (χ1n) is 10.0. The van der Waals surface area contributed by atoms with Crippen LogP contribution in [0.25, 0.3) is 0 Å². The number of esters is 1. The van der Waals surface area contributed by atoms with Crippen LogP contribution in [0.2, 0.25) is 0 Å². The van der Waals surface area contributed by atoms with E-state index in [9.17, 15) is 28.1 Å². The van der Waals surface area contributed by atoms with Gasteiger partial charge < -0.3 is 10.1 Å². The number of nitro benzene ring substituents is 1. The highest BCUT2D eigenvalue weighted by molar-refractivity contribution is 7.89. The fourth-order valence-corrected chi connectivity index (χ4v) is 5.10. The largest absolute Gasteiger partial charge is 0.452 e. The quantitative estimate of drug-likeness (QED) is 0.380. The van der Waals surface area contributed by atoms with Gasteiger partial charge in [0, 0.05) is 30.9 Å². The number of nitro groups is 1. The van der Waals surface area contributed by atoms with Gasteiger partial charge in [0.05, 0.1) is 15.4 Å². The van der Waals surface area contributed by atoms with E-state index in [1.54, 1.807) is 6.92 Å². The number of ether oxygens (including phenoxy) is 1. The topological polar surface area (TPSA) is 136 Å². The van der Waals surface area contributed by atoms with E-state index in [4.69, 9.17) is 4.74 Å². The van der Waals surface area contributed by atoms with E-state index in [1.165, 1.54) is 46.8 Å². The predicted molar refractivity (Wildman–Crippen MR) is 116 cm³/mol. The number of hydrogen-bond acceptors (Lipinski definition) is 7. The third kappa shape index (κ3) is 5.48. The van der Waals surface area contributed by atoms with Gasteiger partial charge in [0.15, 0.2) is 6.61 Å². The lowest BCUT2D eigenvalue weighted by Gasteiger charge is -2.26. The van der Waals surface area contributed by atoms with Crippen molar-refractivity contribution in [3.8, 4) is 0 Å². The van der Waals surface area contributed by atoms with Crippen LogP contribution in [0.4, 0.5) is 11.4 Å². The zero-order valence-corrected chi connectivity index (χ0v) is 18.3. The van der Waals surface area contributed by atoms with Crippen LogP contribution in [0.1, 0.15) is 35.2 Å².